The maximum atomic E-state index is 12.3. The Morgan fingerprint density at radius 2 is 2.00 bits per heavy atom. The van der Waals surface area contributed by atoms with Gasteiger partial charge in [-0.2, -0.15) is 13.2 Å². The molecule has 0 spiro atoms. The highest BCUT2D eigenvalue weighted by Gasteiger charge is 2.39. The molecule has 0 atom stereocenters. The number of ether oxygens (including phenoxy) is 1. The van der Waals surface area contributed by atoms with Crippen LogP contribution in [-0.2, 0) is 4.79 Å². The minimum Gasteiger partial charge on any atom is -0.496 e. The molecule has 1 heterocycles. The molecule has 2 rings (SSSR count). The van der Waals surface area contributed by atoms with Crippen LogP contribution in [0.1, 0.15) is 10.4 Å². The van der Waals surface area contributed by atoms with E-state index in [2.05, 4.69) is 4.98 Å². The van der Waals surface area contributed by atoms with E-state index >= 15 is 0 Å². The molecule has 8 heteroatoms. The number of alkyl halides is 3. The van der Waals surface area contributed by atoms with Gasteiger partial charge in [-0.15, -0.1) is 11.3 Å². The lowest BCUT2D eigenvalue weighted by Gasteiger charge is -2.06. The Morgan fingerprint density at radius 3 is 2.55 bits per heavy atom. The summed E-state index contributed by atoms with van der Waals surface area (Å²) in [6.07, 6.45) is -4.93. The van der Waals surface area contributed by atoms with E-state index in [-0.39, 0.29) is 5.13 Å². The van der Waals surface area contributed by atoms with E-state index in [9.17, 15) is 18.0 Å². The first-order chi connectivity index (χ1) is 10.2. The van der Waals surface area contributed by atoms with Crippen LogP contribution >= 0.6 is 11.3 Å². The molecule has 1 amide bonds. The molecule has 118 valence electrons. The van der Waals surface area contributed by atoms with Crippen LogP contribution in [0.3, 0.4) is 0 Å². The van der Waals surface area contributed by atoms with Gasteiger partial charge in [0.2, 0.25) is 0 Å². The Bertz CT molecular complexity index is 711. The van der Waals surface area contributed by atoms with Gasteiger partial charge in [0.1, 0.15) is 5.75 Å². The number of thiazole rings is 1. The Morgan fingerprint density at radius 1 is 1.32 bits per heavy atom. The lowest BCUT2D eigenvalue weighted by atomic mass is 10.1. The minimum absolute atomic E-state index is 0.0803. The number of carbonyl (C=O) groups excluding carboxylic acids is 1. The third kappa shape index (κ3) is 3.38. The number of rotatable bonds is 3. The topological polar surface area (TPSA) is 51.2 Å². The predicted molar refractivity (Wildman–Crippen MR) is 78.3 cm³/mol. The van der Waals surface area contributed by atoms with Gasteiger partial charge in [-0.1, -0.05) is 0 Å². The van der Waals surface area contributed by atoms with Crippen molar-refractivity contribution in [2.75, 3.05) is 12.4 Å². The van der Waals surface area contributed by atoms with Crippen LogP contribution in [0.25, 0.3) is 11.3 Å². The molecule has 0 aliphatic carbocycles. The fourth-order valence-corrected chi connectivity index (χ4v) is 2.74. The molecule has 0 fully saturated rings. The van der Waals surface area contributed by atoms with Gasteiger partial charge in [0, 0.05) is 10.4 Å². The van der Waals surface area contributed by atoms with Crippen LogP contribution in [0.5, 0.6) is 5.75 Å². The number of hydrogen-bond donors (Lipinski definition) is 1. The average molecular weight is 330 g/mol. The van der Waals surface area contributed by atoms with E-state index in [1.165, 1.54) is 0 Å². The second-order valence-electron chi connectivity index (χ2n) is 4.56. The van der Waals surface area contributed by atoms with Gasteiger partial charge in [0.05, 0.1) is 12.8 Å². The number of methoxy groups -OCH3 is 1. The molecule has 4 nitrogen and oxygen atoms in total. The second-order valence-corrected chi connectivity index (χ2v) is 5.76. The normalized spacial score (nSPS) is 11.4. The number of nitrogens with one attached hydrogen (secondary N) is 1. The van der Waals surface area contributed by atoms with Gasteiger partial charge in [0.15, 0.2) is 5.13 Å². The highest BCUT2D eigenvalue weighted by molar-refractivity contribution is 7.16. The minimum atomic E-state index is -4.93. The van der Waals surface area contributed by atoms with Crippen molar-refractivity contribution in [3.8, 4) is 17.0 Å². The maximum Gasteiger partial charge on any atom is 0.471 e. The first kappa shape index (κ1) is 16.3. The van der Waals surface area contributed by atoms with Gasteiger partial charge in [0.25, 0.3) is 0 Å². The third-order valence-electron chi connectivity index (χ3n) is 2.94. The SMILES string of the molecule is COc1ccc(-c2nc(NC(=O)C(F)(F)F)sc2C)cc1C. The molecule has 1 N–H and O–H groups in total. The fourth-order valence-electron chi connectivity index (χ4n) is 1.91. The van der Waals surface area contributed by atoms with E-state index in [0.717, 1.165) is 22.5 Å². The molecule has 0 saturated heterocycles. The average Bonchev–Trinajstić information content (AvgIpc) is 2.78. The van der Waals surface area contributed by atoms with E-state index in [4.69, 9.17) is 4.74 Å². The van der Waals surface area contributed by atoms with E-state index in [1.807, 2.05) is 13.0 Å². The third-order valence-corrected chi connectivity index (χ3v) is 3.83. The number of nitrogens with zero attached hydrogens (tertiary/aromatic N) is 1. The van der Waals surface area contributed by atoms with Gasteiger partial charge < -0.3 is 4.74 Å². The van der Waals surface area contributed by atoms with Crippen molar-refractivity contribution >= 4 is 22.4 Å². The largest absolute Gasteiger partial charge is 0.496 e. The Kier molecular flexibility index (Phi) is 4.41. The summed E-state index contributed by atoms with van der Waals surface area (Å²) in [6.45, 7) is 3.59. The van der Waals surface area contributed by atoms with Gasteiger partial charge in [-0.3, -0.25) is 10.1 Å². The monoisotopic (exact) mass is 330 g/mol. The van der Waals surface area contributed by atoms with Crippen LogP contribution in [-0.4, -0.2) is 24.2 Å². The van der Waals surface area contributed by atoms with Crippen molar-refractivity contribution in [3.63, 3.8) is 0 Å². The van der Waals surface area contributed by atoms with E-state index < -0.39 is 12.1 Å². The molecule has 0 radical (unpaired) electrons. The van der Waals surface area contributed by atoms with Crippen molar-refractivity contribution in [3.05, 3.63) is 28.6 Å². The quantitative estimate of drug-likeness (QED) is 0.927. The summed E-state index contributed by atoms with van der Waals surface area (Å²) in [6, 6.07) is 5.36. The lowest BCUT2D eigenvalue weighted by molar-refractivity contribution is -0.167. The maximum absolute atomic E-state index is 12.3. The molecule has 0 saturated carbocycles. The summed E-state index contributed by atoms with van der Waals surface area (Å²) in [5.74, 6) is -1.32. The zero-order valence-electron chi connectivity index (χ0n) is 12.0. The zero-order chi connectivity index (χ0) is 16.5. The number of hydrogen-bond acceptors (Lipinski definition) is 4. The lowest BCUT2D eigenvalue weighted by Crippen LogP contribution is -2.29. The van der Waals surface area contributed by atoms with Crippen LogP contribution in [0, 0.1) is 13.8 Å². The zero-order valence-corrected chi connectivity index (χ0v) is 12.9. The van der Waals surface area contributed by atoms with E-state index in [1.54, 1.807) is 31.5 Å². The van der Waals surface area contributed by atoms with Gasteiger partial charge >= 0.3 is 12.1 Å². The molecular formula is C14H13F3N2O2S. The first-order valence-electron chi connectivity index (χ1n) is 6.23. The molecular weight excluding hydrogens is 317 g/mol. The van der Waals surface area contributed by atoms with Crippen LogP contribution in [0.2, 0.25) is 0 Å². The van der Waals surface area contributed by atoms with Crippen molar-refractivity contribution in [1.29, 1.82) is 0 Å². The van der Waals surface area contributed by atoms with Gasteiger partial charge in [-0.25, -0.2) is 4.98 Å². The summed E-state index contributed by atoms with van der Waals surface area (Å²) in [4.78, 5) is 15.7. The van der Waals surface area contributed by atoms with Crippen molar-refractivity contribution < 1.29 is 22.7 Å². The number of aromatic nitrogens is 1. The highest BCUT2D eigenvalue weighted by atomic mass is 32.1. The highest BCUT2D eigenvalue weighted by Crippen LogP contribution is 2.33. The fraction of sp³-hybridized carbons (Fsp3) is 0.286. The van der Waals surface area contributed by atoms with Crippen LogP contribution in [0.4, 0.5) is 18.3 Å². The summed E-state index contributed by atoms with van der Waals surface area (Å²) in [7, 11) is 1.56. The Hall–Kier alpha value is -2.09. The molecule has 0 aliphatic heterocycles. The van der Waals surface area contributed by atoms with Gasteiger partial charge in [-0.05, 0) is 37.6 Å². The number of benzene rings is 1. The summed E-state index contributed by atoms with van der Waals surface area (Å²) >= 11 is 0.995. The Balaban J connectivity index is 2.30. The van der Waals surface area contributed by atoms with Crippen LogP contribution < -0.4 is 10.1 Å². The second kappa shape index (κ2) is 5.96. The number of anilines is 1. The predicted octanol–water partition coefficient (Wildman–Crippen LogP) is 3.94. The smallest absolute Gasteiger partial charge is 0.471 e. The van der Waals surface area contributed by atoms with Crippen LogP contribution in [0.15, 0.2) is 18.2 Å². The van der Waals surface area contributed by atoms with Crippen molar-refractivity contribution in [2.45, 2.75) is 20.0 Å². The molecule has 0 bridgehead atoms. The summed E-state index contributed by atoms with van der Waals surface area (Å²) in [5.41, 5.74) is 2.17. The first-order valence-corrected chi connectivity index (χ1v) is 7.04. The summed E-state index contributed by atoms with van der Waals surface area (Å²) < 4.78 is 41.9. The number of amides is 1. The van der Waals surface area contributed by atoms with Crippen molar-refractivity contribution in [1.82, 2.24) is 4.98 Å². The summed E-state index contributed by atoms with van der Waals surface area (Å²) in [5, 5.41) is 1.69. The van der Waals surface area contributed by atoms with E-state index in [0.29, 0.717) is 16.3 Å². The van der Waals surface area contributed by atoms with Crippen molar-refractivity contribution in [2.24, 2.45) is 0 Å². The molecule has 0 unspecified atom stereocenters. The number of halogens is 3. The molecule has 1 aromatic heterocycles. The molecule has 22 heavy (non-hydrogen) atoms. The Labute approximate surface area is 128 Å². The number of carbonyl (C=O) groups is 1. The standard InChI is InChI=1S/C14H13F3N2O2S/c1-7-6-9(4-5-10(7)21-3)11-8(2)22-13(18-11)19-12(20)14(15,16)17/h4-6H,1-3H3,(H,18,19,20). The molecule has 1 aromatic carbocycles. The molecule has 0 aliphatic rings. The number of aryl methyl sites for hydroxylation is 2. The molecule has 2 aromatic rings.